The van der Waals surface area contributed by atoms with Crippen LogP contribution in [-0.4, -0.2) is 57.9 Å². The van der Waals surface area contributed by atoms with Crippen molar-refractivity contribution in [2.45, 2.75) is 50.9 Å². The zero-order valence-electron chi connectivity index (χ0n) is 18.0. The standard InChI is InChI=1S/C20H24F3N5O2S2/c1-10-15(11-5-7-25-13(9-11)19(2,3)20(21,22)23)32-17(26-10)27-18(29)28-8-6-12(30-4)14(28)16(24)31/h5,7,9,12,14H,6,8H2,1-4H3,(H2,24,31)(H,26,27,29)/t12-,14-/m0/s1. The van der Waals surface area contributed by atoms with Crippen LogP contribution in [0.5, 0.6) is 0 Å². The highest BCUT2D eigenvalue weighted by atomic mass is 32.1. The second-order valence-corrected chi connectivity index (χ2v) is 9.49. The number of urea groups is 1. The zero-order valence-corrected chi connectivity index (χ0v) is 19.6. The molecule has 12 heteroatoms. The Morgan fingerprint density at radius 3 is 2.69 bits per heavy atom. The van der Waals surface area contributed by atoms with Crippen molar-refractivity contribution in [3.63, 3.8) is 0 Å². The average molecular weight is 488 g/mol. The first-order chi connectivity index (χ1) is 14.9. The smallest absolute Gasteiger partial charge is 0.392 e. The molecule has 0 radical (unpaired) electrons. The van der Waals surface area contributed by atoms with Crippen molar-refractivity contribution >= 4 is 39.7 Å². The molecule has 2 aromatic heterocycles. The highest BCUT2D eigenvalue weighted by Gasteiger charge is 2.49. The Labute approximate surface area is 193 Å². The number of amides is 2. The van der Waals surface area contributed by atoms with E-state index in [2.05, 4.69) is 15.3 Å². The van der Waals surface area contributed by atoms with Gasteiger partial charge in [0.1, 0.15) is 11.5 Å². The van der Waals surface area contributed by atoms with E-state index in [0.717, 1.165) is 13.8 Å². The van der Waals surface area contributed by atoms with Crippen molar-refractivity contribution in [1.82, 2.24) is 14.9 Å². The molecule has 32 heavy (non-hydrogen) atoms. The Morgan fingerprint density at radius 1 is 1.41 bits per heavy atom. The van der Waals surface area contributed by atoms with Crippen molar-refractivity contribution in [2.24, 2.45) is 5.73 Å². The maximum absolute atomic E-state index is 13.4. The van der Waals surface area contributed by atoms with Gasteiger partial charge in [-0.15, -0.1) is 0 Å². The first-order valence-corrected chi connectivity index (χ1v) is 11.0. The van der Waals surface area contributed by atoms with Crippen LogP contribution in [0.15, 0.2) is 18.3 Å². The average Bonchev–Trinajstić information content (AvgIpc) is 3.30. The van der Waals surface area contributed by atoms with Gasteiger partial charge in [-0.2, -0.15) is 13.2 Å². The van der Waals surface area contributed by atoms with Gasteiger partial charge in [0.2, 0.25) is 0 Å². The number of carbonyl (C=O) groups is 1. The minimum absolute atomic E-state index is 0.0946. The second kappa shape index (κ2) is 8.91. The predicted molar refractivity (Wildman–Crippen MR) is 121 cm³/mol. The van der Waals surface area contributed by atoms with E-state index in [0.29, 0.717) is 34.2 Å². The number of nitrogens with one attached hydrogen (secondary N) is 1. The molecule has 3 heterocycles. The summed E-state index contributed by atoms with van der Waals surface area (Å²) in [5, 5.41) is 3.06. The number of likely N-dealkylation sites (tertiary alicyclic amines) is 1. The fourth-order valence-electron chi connectivity index (χ4n) is 3.52. The van der Waals surface area contributed by atoms with Crippen LogP contribution in [0, 0.1) is 6.92 Å². The fourth-order valence-corrected chi connectivity index (χ4v) is 4.75. The molecule has 3 rings (SSSR count). The number of anilines is 1. The van der Waals surface area contributed by atoms with E-state index in [1.807, 2.05) is 0 Å². The Balaban J connectivity index is 1.84. The lowest BCUT2D eigenvalue weighted by molar-refractivity contribution is -0.181. The Hall–Kier alpha value is -2.31. The molecule has 0 aromatic carbocycles. The number of halogens is 3. The van der Waals surface area contributed by atoms with Crippen LogP contribution < -0.4 is 11.1 Å². The van der Waals surface area contributed by atoms with Gasteiger partial charge < -0.3 is 15.4 Å². The van der Waals surface area contributed by atoms with Gasteiger partial charge in [-0.25, -0.2) is 9.78 Å². The minimum atomic E-state index is -4.45. The first kappa shape index (κ1) is 24.3. The molecule has 0 bridgehead atoms. The number of methoxy groups -OCH3 is 1. The van der Waals surface area contributed by atoms with Gasteiger partial charge in [0.25, 0.3) is 0 Å². The SMILES string of the molecule is CO[C@H]1CCN(C(=O)Nc2nc(C)c(-c3ccnc(C(C)(C)C(F)(F)F)c3)s2)[C@@H]1C(N)=S. The monoisotopic (exact) mass is 487 g/mol. The lowest BCUT2D eigenvalue weighted by atomic mass is 9.87. The predicted octanol–water partition coefficient (Wildman–Crippen LogP) is 4.26. The maximum Gasteiger partial charge on any atom is 0.399 e. The molecule has 2 atom stereocenters. The molecule has 0 aliphatic carbocycles. The van der Waals surface area contributed by atoms with Gasteiger partial charge in [0.15, 0.2) is 5.13 Å². The minimum Gasteiger partial charge on any atom is -0.392 e. The third kappa shape index (κ3) is 4.57. The van der Waals surface area contributed by atoms with Crippen molar-refractivity contribution < 1.29 is 22.7 Å². The number of thiazole rings is 1. The summed E-state index contributed by atoms with van der Waals surface area (Å²) < 4.78 is 45.7. The van der Waals surface area contributed by atoms with Gasteiger partial charge in [-0.05, 0) is 44.9 Å². The molecule has 1 saturated heterocycles. The van der Waals surface area contributed by atoms with E-state index in [1.54, 1.807) is 13.0 Å². The number of alkyl halides is 3. The van der Waals surface area contributed by atoms with Crippen molar-refractivity contribution in [3.8, 4) is 10.4 Å². The van der Waals surface area contributed by atoms with Crippen LogP contribution >= 0.6 is 23.6 Å². The number of ether oxygens (including phenoxy) is 1. The molecule has 0 saturated carbocycles. The van der Waals surface area contributed by atoms with E-state index < -0.39 is 23.7 Å². The third-order valence-electron chi connectivity index (χ3n) is 5.58. The second-order valence-electron chi connectivity index (χ2n) is 8.02. The van der Waals surface area contributed by atoms with E-state index in [1.165, 1.54) is 35.6 Å². The molecule has 2 amide bonds. The van der Waals surface area contributed by atoms with E-state index in [4.69, 9.17) is 22.7 Å². The number of thiocarbonyl (C=S) groups is 1. The molecule has 7 nitrogen and oxygen atoms in total. The lowest BCUT2D eigenvalue weighted by Gasteiger charge is -2.27. The molecular formula is C20H24F3N5O2S2. The topological polar surface area (TPSA) is 93.4 Å². The number of aryl methyl sites for hydroxylation is 1. The van der Waals surface area contributed by atoms with E-state index >= 15 is 0 Å². The molecular weight excluding hydrogens is 463 g/mol. The number of nitrogens with two attached hydrogens (primary N) is 1. The summed E-state index contributed by atoms with van der Waals surface area (Å²) in [6.45, 7) is 4.33. The lowest BCUT2D eigenvalue weighted by Crippen LogP contribution is -2.49. The first-order valence-electron chi connectivity index (χ1n) is 9.77. The molecule has 3 N–H and O–H groups in total. The van der Waals surface area contributed by atoms with Crippen molar-refractivity contribution in [1.29, 1.82) is 0 Å². The van der Waals surface area contributed by atoms with E-state index in [-0.39, 0.29) is 16.8 Å². The largest absolute Gasteiger partial charge is 0.399 e. The molecule has 2 aromatic rings. The number of rotatable bonds is 5. The molecule has 1 aliphatic heterocycles. The van der Waals surface area contributed by atoms with Gasteiger partial charge in [0, 0.05) is 19.9 Å². The number of pyridine rings is 1. The van der Waals surface area contributed by atoms with Gasteiger partial charge in [-0.3, -0.25) is 10.3 Å². The van der Waals surface area contributed by atoms with Gasteiger partial charge >= 0.3 is 12.2 Å². The number of hydrogen-bond donors (Lipinski definition) is 2. The van der Waals surface area contributed by atoms with Crippen LogP contribution in [0.25, 0.3) is 10.4 Å². The van der Waals surface area contributed by atoms with Crippen LogP contribution in [0.3, 0.4) is 0 Å². The maximum atomic E-state index is 13.4. The van der Waals surface area contributed by atoms with Gasteiger partial charge in [-0.1, -0.05) is 23.6 Å². The van der Waals surface area contributed by atoms with Crippen molar-refractivity contribution in [3.05, 3.63) is 29.7 Å². The summed E-state index contributed by atoms with van der Waals surface area (Å²) in [5.41, 5.74) is 4.72. The zero-order chi connectivity index (χ0) is 23.8. The molecule has 1 aliphatic rings. The van der Waals surface area contributed by atoms with Gasteiger partial charge in [0.05, 0.1) is 27.4 Å². The summed E-state index contributed by atoms with van der Waals surface area (Å²) in [6, 6.07) is 2.08. The van der Waals surface area contributed by atoms with Crippen LogP contribution in [0.2, 0.25) is 0 Å². The Bertz CT molecular complexity index is 1020. The summed E-state index contributed by atoms with van der Waals surface area (Å²) >= 11 is 6.26. The van der Waals surface area contributed by atoms with Crippen LogP contribution in [0.4, 0.5) is 23.1 Å². The summed E-state index contributed by atoms with van der Waals surface area (Å²) in [7, 11) is 1.54. The number of aromatic nitrogens is 2. The number of carbonyl (C=O) groups excluding carboxylic acids is 1. The summed E-state index contributed by atoms with van der Waals surface area (Å²) in [4.78, 5) is 23.4. The number of hydrogen-bond acceptors (Lipinski definition) is 6. The fraction of sp³-hybridized carbons (Fsp3) is 0.500. The molecule has 1 fully saturated rings. The normalized spacial score (nSPS) is 19.3. The van der Waals surface area contributed by atoms with Crippen molar-refractivity contribution in [2.75, 3.05) is 19.0 Å². The molecule has 0 unspecified atom stereocenters. The summed E-state index contributed by atoms with van der Waals surface area (Å²) in [5.74, 6) is 0. The van der Waals surface area contributed by atoms with Crippen LogP contribution in [-0.2, 0) is 10.2 Å². The Kier molecular flexibility index (Phi) is 6.78. The molecule has 174 valence electrons. The highest BCUT2D eigenvalue weighted by Crippen LogP contribution is 2.41. The molecule has 0 spiro atoms. The number of nitrogens with zero attached hydrogens (tertiary/aromatic N) is 3. The van der Waals surface area contributed by atoms with E-state index in [9.17, 15) is 18.0 Å². The van der Waals surface area contributed by atoms with Crippen LogP contribution in [0.1, 0.15) is 31.7 Å². The summed E-state index contributed by atoms with van der Waals surface area (Å²) in [6.07, 6.45) is -2.78. The third-order valence-corrected chi connectivity index (χ3v) is 6.94. The Morgan fingerprint density at radius 2 is 2.09 bits per heavy atom. The quantitative estimate of drug-likeness (QED) is 0.612. The highest BCUT2D eigenvalue weighted by molar-refractivity contribution is 7.80.